The Hall–Kier alpha value is -9.83. The van der Waals surface area contributed by atoms with Crippen LogP contribution in [0.5, 0.6) is 40.2 Å². The average molecular weight is 1660 g/mol. The summed E-state index contributed by atoms with van der Waals surface area (Å²) in [6.45, 7) is 3.76. The average Bonchev–Trinajstić information content (AvgIpc) is 1.55. The maximum absolute atomic E-state index is 16.5. The van der Waals surface area contributed by atoms with Crippen LogP contribution in [0.1, 0.15) is 128 Å². The number of hydrogen-bond donors (Lipinski definition) is 19. The highest BCUT2D eigenvalue weighted by molar-refractivity contribution is 7.90. The minimum atomic E-state index is -4.89. The molecule has 0 spiro atoms. The lowest BCUT2D eigenvalue weighted by molar-refractivity contribution is -0.270. The zero-order valence-electron chi connectivity index (χ0n) is 62.9. The fraction of sp³-hybridized carbons (Fsp3) is 0.443. The monoisotopic (exact) mass is 1660 g/mol. The van der Waals surface area contributed by atoms with E-state index in [-0.39, 0.29) is 104 Å². The van der Waals surface area contributed by atoms with Crippen LogP contribution in [0.4, 0.5) is 0 Å². The highest BCUT2D eigenvalue weighted by Gasteiger charge is 2.52. The third-order valence-corrected chi connectivity index (χ3v) is 24.8. The largest absolute Gasteiger partial charge is 0.508 e. The molecule has 11 aliphatic rings. The molecular formula is C79H89Cl2N11O23S. The number of hydrogen-bond acceptors (Lipinski definition) is 26. The molecule has 1 saturated heterocycles. The molecule has 4 saturated carbocycles. The topological polar surface area (TPSA) is 525 Å². The first kappa shape index (κ1) is 82.7. The second kappa shape index (κ2) is 33.3. The van der Waals surface area contributed by atoms with Crippen molar-refractivity contribution in [2.45, 2.75) is 161 Å². The maximum Gasteiger partial charge on any atom is 0.264 e. The van der Waals surface area contributed by atoms with Gasteiger partial charge >= 0.3 is 0 Å². The molecule has 14 unspecified atom stereocenters. The van der Waals surface area contributed by atoms with E-state index in [1.54, 1.807) is 7.05 Å². The quantitative estimate of drug-likeness (QED) is 0.0427. The molecular weight excluding hydrogens is 1570 g/mol. The van der Waals surface area contributed by atoms with Crippen molar-refractivity contribution in [1.82, 2.24) is 52.6 Å². The van der Waals surface area contributed by atoms with E-state index in [1.807, 2.05) is 18.6 Å². The molecule has 20 N–H and O–H groups in total. The van der Waals surface area contributed by atoms with Crippen LogP contribution in [-0.2, 0) is 58.9 Å². The Morgan fingerprint density at radius 2 is 1.27 bits per heavy atom. The van der Waals surface area contributed by atoms with Crippen molar-refractivity contribution in [1.29, 1.82) is 0 Å². The highest BCUT2D eigenvalue weighted by atomic mass is 35.5. The fourth-order valence-corrected chi connectivity index (χ4v) is 18.6. The number of phenols is 1. The summed E-state index contributed by atoms with van der Waals surface area (Å²) in [7, 11) is -1.74. The van der Waals surface area contributed by atoms with Crippen LogP contribution in [0.3, 0.4) is 0 Å². The summed E-state index contributed by atoms with van der Waals surface area (Å²) in [5, 5.41) is 119. The Bertz CT molecular complexity index is 4980. The minimum absolute atomic E-state index is 0.0729. The van der Waals surface area contributed by atoms with Gasteiger partial charge in [-0.25, -0.2) is 13.1 Å². The number of likely N-dealkylation sites (N-methyl/N-ethyl adjacent to an activating group) is 2. The second-order valence-corrected chi connectivity index (χ2v) is 33.6. The summed E-state index contributed by atoms with van der Waals surface area (Å²) in [4.78, 5) is 124. The van der Waals surface area contributed by atoms with Gasteiger partial charge in [0.1, 0.15) is 102 Å². The summed E-state index contributed by atoms with van der Waals surface area (Å²) in [5.41, 5.74) is 3.75. The SMILES string of the molecule is CNCCOc1ccc(S(=O)(=O)NC(=O)CC2NC(=O)C(NC(=O)C(CC(C)C)NC)C(O)c3ccc(c(Cl)c3)Oc3cc4cc(c3OC3OC(CN)C(O)C(O)C3O)Oc3ccc(cc3Cl)C(O)C3NC(=O)C(NC(=O)C4NC2=O)c2ccc4c(c2)-c2c(cc(O)cc2C4(O)O)C(C(=O)NC2C4CC5CC(C4)CC2C5)NC3=O)cc1. The Balaban J connectivity index is 0.954. The van der Waals surface area contributed by atoms with Crippen molar-refractivity contribution in [2.75, 3.05) is 33.8 Å². The van der Waals surface area contributed by atoms with Crippen LogP contribution in [-0.4, -0.2) is 191 Å². The third-order valence-electron chi connectivity index (χ3n) is 22.8. The molecule has 14 atom stereocenters. The van der Waals surface area contributed by atoms with Gasteiger partial charge in [-0.2, -0.15) is 0 Å². The first-order valence-electron chi connectivity index (χ1n) is 38.0. The molecule has 0 aromatic heterocycles. The molecule has 5 aliphatic carbocycles. The zero-order valence-corrected chi connectivity index (χ0v) is 65.2. The fourth-order valence-electron chi connectivity index (χ4n) is 17.2. The van der Waals surface area contributed by atoms with E-state index in [4.69, 9.17) is 52.6 Å². The second-order valence-electron chi connectivity index (χ2n) is 31.1. The number of sulfonamides is 1. The van der Waals surface area contributed by atoms with Gasteiger partial charge in [0.2, 0.25) is 65.1 Å². The van der Waals surface area contributed by atoms with Gasteiger partial charge in [0.25, 0.3) is 10.0 Å². The lowest BCUT2D eigenvalue weighted by Crippen LogP contribution is -2.60. The Labute approximate surface area is 674 Å². The van der Waals surface area contributed by atoms with Gasteiger partial charge in [0.05, 0.1) is 27.4 Å². The smallest absolute Gasteiger partial charge is 0.264 e. The number of phenolic OH excluding ortho intramolecular Hbond substituents is 1. The van der Waals surface area contributed by atoms with E-state index in [0.29, 0.717) is 18.4 Å². The van der Waals surface area contributed by atoms with E-state index >= 15 is 28.8 Å². The number of aliphatic hydroxyl groups is 7. The number of aliphatic hydroxyl groups excluding tert-OH is 5. The predicted octanol–water partition coefficient (Wildman–Crippen LogP) is 1.40. The highest BCUT2D eigenvalue weighted by Crippen LogP contribution is 2.56. The van der Waals surface area contributed by atoms with Gasteiger partial charge in [0, 0.05) is 30.3 Å². The van der Waals surface area contributed by atoms with E-state index < -0.39 is 200 Å². The van der Waals surface area contributed by atoms with Crippen molar-refractivity contribution in [3.8, 4) is 51.4 Å². The van der Waals surface area contributed by atoms with Gasteiger partial charge < -0.3 is 118 Å². The van der Waals surface area contributed by atoms with Crippen molar-refractivity contribution >= 4 is 80.5 Å². The van der Waals surface area contributed by atoms with Crippen LogP contribution in [0.2, 0.25) is 10.0 Å². The number of carbonyl (C=O) groups is 8. The maximum atomic E-state index is 16.5. The number of fused-ring (bicyclic) bond motifs is 12. The molecule has 8 amide bonds. The summed E-state index contributed by atoms with van der Waals surface area (Å²) in [6, 6.07) is 5.11. The summed E-state index contributed by atoms with van der Waals surface area (Å²) < 4.78 is 61.5. The van der Waals surface area contributed by atoms with Crippen LogP contribution < -0.4 is 77.3 Å². The van der Waals surface area contributed by atoms with Gasteiger partial charge in [-0.1, -0.05) is 61.3 Å². The molecule has 17 rings (SSSR count). The lowest BCUT2D eigenvalue weighted by atomic mass is 9.54. The number of nitrogens with two attached hydrogens (primary N) is 1. The molecule has 6 heterocycles. The molecule has 5 fully saturated rings. The van der Waals surface area contributed by atoms with Gasteiger partial charge in [-0.15, -0.1) is 0 Å². The van der Waals surface area contributed by atoms with E-state index in [0.717, 1.165) is 80.6 Å². The molecule has 0 radical (unpaired) electrons. The van der Waals surface area contributed by atoms with Crippen LogP contribution in [0, 0.1) is 29.6 Å². The standard InChI is InChI=1S/C79H89Cl2N11O23S/c1-32(2)17-50(84-4)71(100)90-63-65(95)36-6-13-52(48(80)24-36)112-54-26-40-27-55(70(54)115-78-69(99)68(98)67(97)56(31-82)114-78)113-53-14-7-37(25-49(53)81)66(96)64-77(106)89-62(75(104)86-59-38-19-33-18-34(21-38)22-39(59)20-33)45-28-41(93)29-47-58(45)44-23-35(5-12-46(44)79(47,107)108)60(73(102)91-64)88-74(103)61(40)87-72(101)51(85-76(63)105)30-57(94)92-116(109,110)43-10-8-42(9-11-43)111-16-15-83-3/h5-14,23-29,32-34,38-39,50-51,56,59-69,78,83-84,93,95-99,107-108H,15-22,30-31,82H2,1-4H3,(H,85,105)(H,86,104)(H,87,101)(H,88,103)(H,89,106)(H,90,100)(H,91,102)(H,92,94). The number of benzene rings is 6. The molecule has 37 heteroatoms. The van der Waals surface area contributed by atoms with Gasteiger partial charge in [-0.05, 0) is 200 Å². The molecule has 15 bridgehead atoms. The molecule has 6 aromatic rings. The first-order valence-corrected chi connectivity index (χ1v) is 40.2. The normalized spacial score (nSPS) is 28.7. The van der Waals surface area contributed by atoms with Crippen LogP contribution in [0.15, 0.2) is 108 Å². The Morgan fingerprint density at radius 3 is 1.88 bits per heavy atom. The molecule has 6 aliphatic heterocycles. The molecule has 6 aromatic carbocycles. The number of carbonyl (C=O) groups excluding carboxylic acids is 8. The summed E-state index contributed by atoms with van der Waals surface area (Å²) >= 11 is 14.3. The van der Waals surface area contributed by atoms with Crippen molar-refractivity contribution < 1.29 is 111 Å². The number of amides is 8. The minimum Gasteiger partial charge on any atom is -0.508 e. The number of rotatable bonds is 18. The Kier molecular flexibility index (Phi) is 23.7. The van der Waals surface area contributed by atoms with Gasteiger partial charge in [0.15, 0.2) is 11.5 Å². The molecule has 116 heavy (non-hydrogen) atoms. The van der Waals surface area contributed by atoms with Gasteiger partial charge in [-0.3, -0.25) is 38.4 Å². The Morgan fingerprint density at radius 1 is 0.655 bits per heavy atom. The molecule has 618 valence electrons. The van der Waals surface area contributed by atoms with Crippen molar-refractivity contribution in [2.24, 2.45) is 35.3 Å². The lowest BCUT2D eigenvalue weighted by Gasteiger charge is -2.54. The van der Waals surface area contributed by atoms with Crippen LogP contribution in [0.25, 0.3) is 11.1 Å². The summed E-state index contributed by atoms with van der Waals surface area (Å²) in [5.74, 6) is -15.2. The molecule has 34 nitrogen and oxygen atoms in total. The van der Waals surface area contributed by atoms with Crippen LogP contribution >= 0.6 is 23.2 Å². The van der Waals surface area contributed by atoms with E-state index in [9.17, 15) is 58.9 Å². The number of halogens is 2. The predicted molar refractivity (Wildman–Crippen MR) is 410 cm³/mol. The van der Waals surface area contributed by atoms with Crippen molar-refractivity contribution in [3.05, 3.63) is 152 Å². The number of ether oxygens (including phenoxy) is 5. The third kappa shape index (κ3) is 16.5. The van der Waals surface area contributed by atoms with E-state index in [2.05, 4.69) is 47.9 Å². The number of aromatic hydroxyl groups is 1. The first-order chi connectivity index (χ1) is 55.2. The number of nitrogens with one attached hydrogen (secondary N) is 10. The summed E-state index contributed by atoms with van der Waals surface area (Å²) in [6.07, 6.45) is -10.5. The zero-order chi connectivity index (χ0) is 82.8. The van der Waals surface area contributed by atoms with Crippen molar-refractivity contribution in [3.63, 3.8) is 0 Å². The van der Waals surface area contributed by atoms with E-state index in [1.165, 1.54) is 61.6 Å².